The van der Waals surface area contributed by atoms with Gasteiger partial charge in [0.25, 0.3) is 0 Å². The number of amides is 2. The molecule has 0 aliphatic carbocycles. The Hall–Kier alpha value is -1.24. The molecular formula is C13H20N2O4S. The van der Waals surface area contributed by atoms with Gasteiger partial charge in [0, 0.05) is 25.3 Å². The molecule has 6 nitrogen and oxygen atoms in total. The number of aliphatic carboxylic acids is 1. The van der Waals surface area contributed by atoms with E-state index in [9.17, 15) is 14.4 Å². The minimum absolute atomic E-state index is 0.00812. The van der Waals surface area contributed by atoms with Crippen LogP contribution in [0.15, 0.2) is 0 Å². The van der Waals surface area contributed by atoms with Crippen LogP contribution in [0.1, 0.15) is 26.2 Å². The summed E-state index contributed by atoms with van der Waals surface area (Å²) in [5.41, 5.74) is 0. The SMILES string of the molecule is CCC(=O)N1CSCC1C(=O)N1CCC(C(=O)O)CC1. The van der Waals surface area contributed by atoms with E-state index in [0.717, 1.165) is 0 Å². The first-order chi connectivity index (χ1) is 9.54. The van der Waals surface area contributed by atoms with Gasteiger partial charge in [0.2, 0.25) is 11.8 Å². The van der Waals surface area contributed by atoms with E-state index >= 15 is 0 Å². The van der Waals surface area contributed by atoms with E-state index < -0.39 is 5.97 Å². The molecule has 0 aromatic rings. The van der Waals surface area contributed by atoms with Crippen molar-refractivity contribution in [3.05, 3.63) is 0 Å². The van der Waals surface area contributed by atoms with Crippen LogP contribution in [0.3, 0.4) is 0 Å². The molecule has 1 atom stereocenters. The molecule has 1 N–H and O–H groups in total. The fraction of sp³-hybridized carbons (Fsp3) is 0.769. The van der Waals surface area contributed by atoms with Crippen LogP contribution < -0.4 is 0 Å². The molecule has 20 heavy (non-hydrogen) atoms. The maximum atomic E-state index is 12.5. The van der Waals surface area contributed by atoms with Gasteiger partial charge >= 0.3 is 5.97 Å². The van der Waals surface area contributed by atoms with Crippen molar-refractivity contribution in [2.45, 2.75) is 32.2 Å². The first-order valence-corrected chi connectivity index (χ1v) is 8.08. The smallest absolute Gasteiger partial charge is 0.306 e. The largest absolute Gasteiger partial charge is 0.481 e. The Kier molecular flexibility index (Phi) is 4.91. The second-order valence-electron chi connectivity index (χ2n) is 5.17. The molecule has 112 valence electrons. The van der Waals surface area contributed by atoms with Gasteiger partial charge in [-0.1, -0.05) is 6.92 Å². The number of hydrogen-bond acceptors (Lipinski definition) is 4. The monoisotopic (exact) mass is 300 g/mol. The number of rotatable bonds is 3. The van der Waals surface area contributed by atoms with Crippen molar-refractivity contribution >= 4 is 29.5 Å². The first-order valence-electron chi connectivity index (χ1n) is 6.93. The minimum Gasteiger partial charge on any atom is -0.481 e. The standard InChI is InChI=1S/C13H20N2O4S/c1-2-11(16)15-8-20-7-10(15)12(17)14-5-3-9(4-6-14)13(18)19/h9-10H,2-8H2,1H3,(H,18,19). The zero-order valence-electron chi connectivity index (χ0n) is 11.6. The number of piperidine rings is 1. The summed E-state index contributed by atoms with van der Waals surface area (Å²) in [7, 11) is 0. The molecule has 0 aromatic carbocycles. The summed E-state index contributed by atoms with van der Waals surface area (Å²) in [6, 6.07) is -0.367. The Balaban J connectivity index is 1.94. The summed E-state index contributed by atoms with van der Waals surface area (Å²) in [6.07, 6.45) is 1.41. The second-order valence-corrected chi connectivity index (χ2v) is 6.17. The maximum Gasteiger partial charge on any atom is 0.306 e. The average Bonchev–Trinajstić information content (AvgIpc) is 2.95. The molecule has 0 spiro atoms. The van der Waals surface area contributed by atoms with Gasteiger partial charge in [0.1, 0.15) is 6.04 Å². The fourth-order valence-electron chi connectivity index (χ4n) is 2.65. The van der Waals surface area contributed by atoms with Crippen LogP contribution in [0.2, 0.25) is 0 Å². The van der Waals surface area contributed by atoms with E-state index in [4.69, 9.17) is 5.11 Å². The van der Waals surface area contributed by atoms with Crippen LogP contribution in [-0.4, -0.2) is 63.5 Å². The molecular weight excluding hydrogens is 280 g/mol. The van der Waals surface area contributed by atoms with Gasteiger partial charge in [0.05, 0.1) is 11.8 Å². The zero-order valence-corrected chi connectivity index (χ0v) is 12.4. The molecule has 0 saturated carbocycles. The number of carboxylic acid groups (broad SMARTS) is 1. The fourth-order valence-corrected chi connectivity index (χ4v) is 3.83. The highest BCUT2D eigenvalue weighted by Crippen LogP contribution is 2.25. The van der Waals surface area contributed by atoms with E-state index in [0.29, 0.717) is 44.0 Å². The minimum atomic E-state index is -0.781. The highest BCUT2D eigenvalue weighted by Gasteiger charge is 2.38. The number of carbonyl (C=O) groups is 3. The maximum absolute atomic E-state index is 12.5. The summed E-state index contributed by atoms with van der Waals surface area (Å²) < 4.78 is 0. The van der Waals surface area contributed by atoms with Crippen molar-refractivity contribution in [3.8, 4) is 0 Å². The van der Waals surface area contributed by atoms with Crippen molar-refractivity contribution in [3.63, 3.8) is 0 Å². The van der Waals surface area contributed by atoms with Gasteiger partial charge in [-0.15, -0.1) is 11.8 Å². The van der Waals surface area contributed by atoms with Gasteiger partial charge in [-0.05, 0) is 12.8 Å². The second kappa shape index (κ2) is 6.47. The lowest BCUT2D eigenvalue weighted by molar-refractivity contribution is -0.148. The molecule has 2 amide bonds. The first kappa shape index (κ1) is 15.2. The Labute approximate surface area is 122 Å². The Bertz CT molecular complexity index is 407. The van der Waals surface area contributed by atoms with Crippen molar-refractivity contribution in [1.29, 1.82) is 0 Å². The van der Waals surface area contributed by atoms with E-state index in [-0.39, 0.29) is 23.8 Å². The van der Waals surface area contributed by atoms with Gasteiger partial charge in [-0.3, -0.25) is 14.4 Å². The lowest BCUT2D eigenvalue weighted by atomic mass is 9.96. The van der Waals surface area contributed by atoms with Crippen LogP contribution >= 0.6 is 11.8 Å². The normalized spacial score (nSPS) is 23.9. The molecule has 2 heterocycles. The van der Waals surface area contributed by atoms with Gasteiger partial charge in [0.15, 0.2) is 0 Å². The summed E-state index contributed by atoms with van der Waals surface area (Å²) in [5.74, 6) is 0.0778. The van der Waals surface area contributed by atoms with Gasteiger partial charge in [-0.2, -0.15) is 0 Å². The topological polar surface area (TPSA) is 77.9 Å². The summed E-state index contributed by atoms with van der Waals surface area (Å²) in [6.45, 7) is 2.75. The Morgan fingerprint density at radius 1 is 1.25 bits per heavy atom. The van der Waals surface area contributed by atoms with Crippen molar-refractivity contribution < 1.29 is 19.5 Å². The Morgan fingerprint density at radius 2 is 1.90 bits per heavy atom. The molecule has 0 bridgehead atoms. The van der Waals surface area contributed by atoms with Crippen molar-refractivity contribution in [1.82, 2.24) is 9.80 Å². The number of hydrogen-bond donors (Lipinski definition) is 1. The van der Waals surface area contributed by atoms with Crippen LogP contribution in [0.25, 0.3) is 0 Å². The van der Waals surface area contributed by atoms with Crippen molar-refractivity contribution in [2.75, 3.05) is 24.7 Å². The molecule has 2 aliphatic rings. The predicted octanol–water partition coefficient (Wildman–Crippen LogP) is 0.621. The number of carbonyl (C=O) groups excluding carboxylic acids is 2. The Morgan fingerprint density at radius 3 is 2.45 bits per heavy atom. The predicted molar refractivity (Wildman–Crippen MR) is 75.2 cm³/mol. The number of carboxylic acids is 1. The van der Waals surface area contributed by atoms with Crippen molar-refractivity contribution in [2.24, 2.45) is 5.92 Å². The van der Waals surface area contributed by atoms with Crippen LogP contribution in [-0.2, 0) is 14.4 Å². The summed E-state index contributed by atoms with van der Waals surface area (Å²) >= 11 is 1.60. The summed E-state index contributed by atoms with van der Waals surface area (Å²) in [5, 5.41) is 8.96. The van der Waals surface area contributed by atoms with E-state index in [1.54, 1.807) is 28.5 Å². The molecule has 2 fully saturated rings. The molecule has 0 radical (unpaired) electrons. The zero-order chi connectivity index (χ0) is 14.7. The molecule has 2 rings (SSSR count). The van der Waals surface area contributed by atoms with E-state index in [2.05, 4.69) is 0 Å². The third-order valence-corrected chi connectivity index (χ3v) is 4.96. The average molecular weight is 300 g/mol. The number of likely N-dealkylation sites (tertiary alicyclic amines) is 1. The highest BCUT2D eigenvalue weighted by atomic mass is 32.2. The lowest BCUT2D eigenvalue weighted by Crippen LogP contribution is -2.51. The number of nitrogens with zero attached hydrogens (tertiary/aromatic N) is 2. The van der Waals surface area contributed by atoms with Gasteiger partial charge in [-0.25, -0.2) is 0 Å². The van der Waals surface area contributed by atoms with E-state index in [1.807, 2.05) is 0 Å². The molecule has 1 unspecified atom stereocenters. The molecule has 2 saturated heterocycles. The van der Waals surface area contributed by atoms with Crippen LogP contribution in [0.4, 0.5) is 0 Å². The molecule has 0 aromatic heterocycles. The third kappa shape index (κ3) is 3.08. The van der Waals surface area contributed by atoms with Gasteiger partial charge < -0.3 is 14.9 Å². The third-order valence-electron chi connectivity index (χ3n) is 3.95. The van der Waals surface area contributed by atoms with Crippen LogP contribution in [0.5, 0.6) is 0 Å². The highest BCUT2D eigenvalue weighted by molar-refractivity contribution is 7.99. The summed E-state index contributed by atoms with van der Waals surface area (Å²) in [4.78, 5) is 38.6. The lowest BCUT2D eigenvalue weighted by Gasteiger charge is -2.34. The van der Waals surface area contributed by atoms with E-state index in [1.165, 1.54) is 0 Å². The molecule has 7 heteroatoms. The number of thioether (sulfide) groups is 1. The molecule has 2 aliphatic heterocycles. The van der Waals surface area contributed by atoms with Crippen LogP contribution in [0, 0.1) is 5.92 Å². The quantitative estimate of drug-likeness (QED) is 0.827.